The van der Waals surface area contributed by atoms with Crippen molar-refractivity contribution >= 4 is 16.0 Å². The van der Waals surface area contributed by atoms with Gasteiger partial charge in [0.1, 0.15) is 0 Å². The third kappa shape index (κ3) is 5.30. The molecule has 1 aromatic rings. The SMILES string of the molecule is CCC(CC)CS(=O)(=O)NCc1ccc(C(=O)O)cc1. The van der Waals surface area contributed by atoms with Crippen molar-refractivity contribution in [3.05, 3.63) is 35.4 Å². The second kappa shape index (κ2) is 7.40. The molecule has 2 N–H and O–H groups in total. The Labute approximate surface area is 120 Å². The Hall–Kier alpha value is -1.40. The highest BCUT2D eigenvalue weighted by molar-refractivity contribution is 7.89. The van der Waals surface area contributed by atoms with Gasteiger partial charge in [-0.05, 0) is 23.6 Å². The number of benzene rings is 1. The zero-order valence-electron chi connectivity index (χ0n) is 11.8. The minimum atomic E-state index is -3.30. The Morgan fingerprint density at radius 3 is 2.20 bits per heavy atom. The smallest absolute Gasteiger partial charge is 0.335 e. The second-order valence-corrected chi connectivity index (χ2v) is 6.64. The number of sulfonamides is 1. The van der Waals surface area contributed by atoms with Crippen LogP contribution in [-0.2, 0) is 16.6 Å². The van der Waals surface area contributed by atoms with Gasteiger partial charge >= 0.3 is 5.97 Å². The average molecular weight is 299 g/mol. The Balaban J connectivity index is 2.59. The fraction of sp³-hybridized carbons (Fsp3) is 0.500. The molecular weight excluding hydrogens is 278 g/mol. The van der Waals surface area contributed by atoms with Crippen LogP contribution in [0.3, 0.4) is 0 Å². The molecule has 6 heteroatoms. The van der Waals surface area contributed by atoms with E-state index in [1.807, 2.05) is 13.8 Å². The zero-order valence-corrected chi connectivity index (χ0v) is 12.6. The molecule has 5 nitrogen and oxygen atoms in total. The Bertz CT molecular complexity index is 533. The second-order valence-electron chi connectivity index (χ2n) is 4.79. The first-order valence-corrected chi connectivity index (χ1v) is 8.32. The van der Waals surface area contributed by atoms with Gasteiger partial charge in [0.25, 0.3) is 0 Å². The summed E-state index contributed by atoms with van der Waals surface area (Å²) in [6.07, 6.45) is 1.68. The van der Waals surface area contributed by atoms with Crippen LogP contribution in [0, 0.1) is 5.92 Å². The third-order valence-corrected chi connectivity index (χ3v) is 4.80. The van der Waals surface area contributed by atoms with Gasteiger partial charge in [-0.1, -0.05) is 38.8 Å². The van der Waals surface area contributed by atoms with Gasteiger partial charge in [-0.15, -0.1) is 0 Å². The summed E-state index contributed by atoms with van der Waals surface area (Å²) in [7, 11) is -3.30. The van der Waals surface area contributed by atoms with Crippen LogP contribution in [0.25, 0.3) is 0 Å². The molecule has 0 heterocycles. The van der Waals surface area contributed by atoms with Crippen molar-refractivity contribution in [2.45, 2.75) is 33.2 Å². The van der Waals surface area contributed by atoms with Gasteiger partial charge in [0.2, 0.25) is 10.0 Å². The van der Waals surface area contributed by atoms with E-state index in [9.17, 15) is 13.2 Å². The van der Waals surface area contributed by atoms with E-state index in [4.69, 9.17) is 5.11 Å². The largest absolute Gasteiger partial charge is 0.478 e. The highest BCUT2D eigenvalue weighted by Gasteiger charge is 2.16. The van der Waals surface area contributed by atoms with Gasteiger partial charge in [0.15, 0.2) is 0 Å². The van der Waals surface area contributed by atoms with E-state index < -0.39 is 16.0 Å². The van der Waals surface area contributed by atoms with Crippen molar-refractivity contribution in [3.63, 3.8) is 0 Å². The molecule has 0 aliphatic rings. The van der Waals surface area contributed by atoms with Crippen LogP contribution in [0.15, 0.2) is 24.3 Å². The highest BCUT2D eigenvalue weighted by Crippen LogP contribution is 2.11. The lowest BCUT2D eigenvalue weighted by atomic mass is 10.1. The van der Waals surface area contributed by atoms with E-state index in [0.717, 1.165) is 18.4 Å². The number of rotatable bonds is 8. The lowest BCUT2D eigenvalue weighted by molar-refractivity contribution is 0.0697. The normalized spacial score (nSPS) is 11.8. The first-order valence-electron chi connectivity index (χ1n) is 6.67. The van der Waals surface area contributed by atoms with Crippen LogP contribution < -0.4 is 4.72 Å². The van der Waals surface area contributed by atoms with E-state index in [2.05, 4.69) is 4.72 Å². The molecule has 0 bridgehead atoms. The molecule has 0 atom stereocenters. The molecule has 0 aromatic heterocycles. The first-order chi connectivity index (χ1) is 9.38. The van der Waals surface area contributed by atoms with E-state index in [1.165, 1.54) is 12.1 Å². The summed E-state index contributed by atoms with van der Waals surface area (Å²) in [6, 6.07) is 6.16. The Morgan fingerprint density at radius 1 is 1.20 bits per heavy atom. The molecule has 0 amide bonds. The molecule has 0 aliphatic heterocycles. The number of nitrogens with one attached hydrogen (secondary N) is 1. The van der Waals surface area contributed by atoms with Crippen LogP contribution in [-0.4, -0.2) is 25.2 Å². The molecular formula is C14H21NO4S. The van der Waals surface area contributed by atoms with Crippen molar-refractivity contribution in [1.29, 1.82) is 0 Å². The summed E-state index contributed by atoms with van der Waals surface area (Å²) in [5.41, 5.74) is 0.928. The van der Waals surface area contributed by atoms with Crippen molar-refractivity contribution in [1.82, 2.24) is 4.72 Å². The number of aromatic carboxylic acids is 1. The number of hydrogen-bond donors (Lipinski definition) is 2. The van der Waals surface area contributed by atoms with E-state index in [-0.39, 0.29) is 23.8 Å². The summed E-state index contributed by atoms with van der Waals surface area (Å²) >= 11 is 0. The molecule has 20 heavy (non-hydrogen) atoms. The lowest BCUT2D eigenvalue weighted by Crippen LogP contribution is -2.29. The van der Waals surface area contributed by atoms with Gasteiger partial charge in [0.05, 0.1) is 11.3 Å². The summed E-state index contributed by atoms with van der Waals surface area (Å²) in [5.74, 6) is -0.694. The molecule has 112 valence electrons. The molecule has 0 fully saturated rings. The van der Waals surface area contributed by atoms with E-state index in [1.54, 1.807) is 12.1 Å². The van der Waals surface area contributed by atoms with Crippen LogP contribution in [0.2, 0.25) is 0 Å². The van der Waals surface area contributed by atoms with Gasteiger partial charge < -0.3 is 5.11 Å². The first kappa shape index (κ1) is 16.7. The van der Waals surface area contributed by atoms with Crippen LogP contribution in [0.5, 0.6) is 0 Å². The van der Waals surface area contributed by atoms with Crippen molar-refractivity contribution < 1.29 is 18.3 Å². The van der Waals surface area contributed by atoms with Crippen LogP contribution in [0.1, 0.15) is 42.6 Å². The van der Waals surface area contributed by atoms with Gasteiger partial charge in [-0.3, -0.25) is 0 Å². The summed E-state index contributed by atoms with van der Waals surface area (Å²) < 4.78 is 26.4. The predicted molar refractivity (Wildman–Crippen MR) is 78.1 cm³/mol. The minimum absolute atomic E-state index is 0.132. The van der Waals surface area contributed by atoms with E-state index >= 15 is 0 Å². The molecule has 0 saturated carbocycles. The third-order valence-electron chi connectivity index (χ3n) is 3.31. The topological polar surface area (TPSA) is 83.5 Å². The lowest BCUT2D eigenvalue weighted by Gasteiger charge is -2.13. The minimum Gasteiger partial charge on any atom is -0.478 e. The monoisotopic (exact) mass is 299 g/mol. The molecule has 0 aliphatic carbocycles. The predicted octanol–water partition coefficient (Wildman–Crippen LogP) is 2.24. The zero-order chi connectivity index (χ0) is 15.2. The molecule has 0 saturated heterocycles. The quantitative estimate of drug-likeness (QED) is 0.771. The maximum atomic E-state index is 11.9. The maximum Gasteiger partial charge on any atom is 0.335 e. The highest BCUT2D eigenvalue weighted by atomic mass is 32.2. The standard InChI is InChI=1S/C14H21NO4S/c1-3-11(4-2)10-20(18,19)15-9-12-5-7-13(8-6-12)14(16)17/h5-8,11,15H,3-4,9-10H2,1-2H3,(H,16,17). The summed E-state index contributed by atoms with van der Waals surface area (Å²) in [4.78, 5) is 10.7. The van der Waals surface area contributed by atoms with Crippen molar-refractivity contribution in [2.24, 2.45) is 5.92 Å². The fourth-order valence-corrected chi connectivity index (χ4v) is 3.45. The molecule has 0 unspecified atom stereocenters. The number of hydrogen-bond acceptors (Lipinski definition) is 3. The summed E-state index contributed by atoms with van der Waals surface area (Å²) in [6.45, 7) is 4.14. The Kier molecular flexibility index (Phi) is 6.16. The number of carbonyl (C=O) groups is 1. The molecule has 0 radical (unpaired) electrons. The number of carboxylic acids is 1. The van der Waals surface area contributed by atoms with Gasteiger partial charge in [-0.2, -0.15) is 0 Å². The van der Waals surface area contributed by atoms with Gasteiger partial charge in [-0.25, -0.2) is 17.9 Å². The molecule has 1 rings (SSSR count). The van der Waals surface area contributed by atoms with Crippen molar-refractivity contribution in [2.75, 3.05) is 5.75 Å². The van der Waals surface area contributed by atoms with Crippen LogP contribution in [0.4, 0.5) is 0 Å². The van der Waals surface area contributed by atoms with Crippen LogP contribution >= 0.6 is 0 Å². The molecule has 0 spiro atoms. The van der Waals surface area contributed by atoms with Crippen molar-refractivity contribution in [3.8, 4) is 0 Å². The van der Waals surface area contributed by atoms with E-state index in [0.29, 0.717) is 0 Å². The van der Waals surface area contributed by atoms with Gasteiger partial charge in [0, 0.05) is 6.54 Å². The average Bonchev–Trinajstić information content (AvgIpc) is 2.43. The Morgan fingerprint density at radius 2 is 1.75 bits per heavy atom. The fourth-order valence-electron chi connectivity index (χ4n) is 1.85. The maximum absolute atomic E-state index is 11.9. The number of carboxylic acid groups (broad SMARTS) is 1. The summed E-state index contributed by atoms with van der Waals surface area (Å²) in [5, 5.41) is 8.78. The molecule has 1 aromatic carbocycles.